The van der Waals surface area contributed by atoms with Crippen molar-refractivity contribution in [1.29, 1.82) is 0 Å². The van der Waals surface area contributed by atoms with Crippen molar-refractivity contribution in [3.8, 4) is 0 Å². The molecule has 2 aliphatic heterocycles. The summed E-state index contributed by atoms with van der Waals surface area (Å²) in [7, 11) is -3.57. The van der Waals surface area contributed by atoms with Crippen LogP contribution in [0.1, 0.15) is 61.8 Å². The first kappa shape index (κ1) is 33.8. The number of nitrogens with one attached hydrogen (secondary N) is 2. The van der Waals surface area contributed by atoms with Crippen LogP contribution in [0.15, 0.2) is 64.3 Å². The molecule has 3 heterocycles. The zero-order valence-electron chi connectivity index (χ0n) is 25.6. The van der Waals surface area contributed by atoms with Gasteiger partial charge in [-0.1, -0.05) is 24.3 Å². The normalized spacial score (nSPS) is 27.7. The number of aromatic amines is 1. The van der Waals surface area contributed by atoms with Gasteiger partial charge in [0.25, 0.3) is 19.3 Å². The summed E-state index contributed by atoms with van der Waals surface area (Å²) in [4.78, 5) is 79.0. The number of carbonyl (C=O) groups excluding carboxylic acids is 3. The van der Waals surface area contributed by atoms with Gasteiger partial charge < -0.3 is 38.6 Å². The van der Waals surface area contributed by atoms with Crippen molar-refractivity contribution >= 4 is 25.3 Å². The lowest BCUT2D eigenvalue weighted by Crippen LogP contribution is -2.48. The molecule has 3 unspecified atom stereocenters. The number of H-pyrrole nitrogens is 1. The molecule has 3 aliphatic rings. The van der Waals surface area contributed by atoms with Gasteiger partial charge >= 0.3 is 5.69 Å². The Bertz CT molecular complexity index is 1930. The van der Waals surface area contributed by atoms with Crippen LogP contribution in [0, 0.1) is 0 Å². The molecular weight excluding hydrogens is 653 g/mol. The third-order valence-corrected chi connectivity index (χ3v) is 9.35. The molecule has 0 spiro atoms. The van der Waals surface area contributed by atoms with Gasteiger partial charge in [0.1, 0.15) is 24.4 Å². The number of aliphatic hydroxyl groups excluding tert-OH is 1. The van der Waals surface area contributed by atoms with E-state index in [1.54, 1.807) is 25.1 Å². The second-order valence-corrected chi connectivity index (χ2v) is 13.0. The number of aromatic nitrogens is 2. The number of methoxy groups -OCH3 is 1. The lowest BCUT2D eigenvalue weighted by molar-refractivity contribution is -0.234. The van der Waals surface area contributed by atoms with Crippen molar-refractivity contribution in [3.05, 3.63) is 103 Å². The zero-order valence-corrected chi connectivity index (χ0v) is 26.5. The molecule has 48 heavy (non-hydrogen) atoms. The number of aliphatic hydroxyl groups is 1. The van der Waals surface area contributed by atoms with E-state index in [0.29, 0.717) is 0 Å². The SMILES string of the molecule is COC[C@H]1O[C@@H](C)CC1OP(=O)([O-])OC[C@H]1O[C@@H](n2ccc(=O)[nH]c2=O)[C@@H](NC(=O)c2ccc3c(c2)C(=O)c2ccccc2C3=O)C1O. The summed E-state index contributed by atoms with van der Waals surface area (Å²) in [5.41, 5.74) is -1.14. The van der Waals surface area contributed by atoms with E-state index in [1.807, 2.05) is 0 Å². The minimum absolute atomic E-state index is 0.00949. The molecule has 8 atom stereocenters. The fourth-order valence-corrected chi connectivity index (χ4v) is 7.03. The van der Waals surface area contributed by atoms with Crippen LogP contribution < -0.4 is 21.5 Å². The summed E-state index contributed by atoms with van der Waals surface area (Å²) in [6.45, 7) is 1.06. The molecule has 3 N–H and O–H groups in total. The molecular formula is C31H31N3O13P-. The van der Waals surface area contributed by atoms with Crippen LogP contribution in [0.2, 0.25) is 0 Å². The van der Waals surface area contributed by atoms with E-state index in [9.17, 15) is 38.5 Å². The highest BCUT2D eigenvalue weighted by Gasteiger charge is 2.47. The molecule has 17 heteroatoms. The number of fused-ring (bicyclic) bond motifs is 2. The van der Waals surface area contributed by atoms with Gasteiger partial charge in [0, 0.05) is 53.6 Å². The van der Waals surface area contributed by atoms with Crippen LogP contribution in [0.25, 0.3) is 0 Å². The van der Waals surface area contributed by atoms with Gasteiger partial charge in [0.2, 0.25) is 0 Å². The van der Waals surface area contributed by atoms with Gasteiger partial charge in [-0.25, -0.2) is 4.79 Å². The van der Waals surface area contributed by atoms with Gasteiger partial charge in [0.05, 0.1) is 25.4 Å². The topological polar surface area (TPSA) is 225 Å². The van der Waals surface area contributed by atoms with Gasteiger partial charge in [-0.15, -0.1) is 0 Å². The highest BCUT2D eigenvalue weighted by molar-refractivity contribution is 7.45. The number of benzene rings is 2. The van der Waals surface area contributed by atoms with E-state index in [-0.39, 0.29) is 52.7 Å². The zero-order chi connectivity index (χ0) is 34.3. The molecule has 2 saturated heterocycles. The molecule has 1 aromatic heterocycles. The Hall–Kier alpha value is -4.12. The van der Waals surface area contributed by atoms with Gasteiger partial charge in [-0.3, -0.25) is 33.3 Å². The summed E-state index contributed by atoms with van der Waals surface area (Å²) >= 11 is 0. The number of hydrogen-bond acceptors (Lipinski definition) is 13. The first-order chi connectivity index (χ1) is 22.9. The van der Waals surface area contributed by atoms with Crippen LogP contribution in [0.4, 0.5) is 0 Å². The van der Waals surface area contributed by atoms with Gasteiger partial charge in [0.15, 0.2) is 17.8 Å². The third-order valence-electron chi connectivity index (χ3n) is 8.36. The Morgan fingerprint density at radius 1 is 1.02 bits per heavy atom. The Labute approximate surface area is 272 Å². The Balaban J connectivity index is 1.22. The van der Waals surface area contributed by atoms with Crippen LogP contribution >= 0.6 is 7.82 Å². The summed E-state index contributed by atoms with van der Waals surface area (Å²) in [5.74, 6) is -1.65. The van der Waals surface area contributed by atoms with Crippen LogP contribution in [-0.4, -0.2) is 89.0 Å². The fourth-order valence-electron chi connectivity index (χ4n) is 6.08. The summed E-state index contributed by atoms with van der Waals surface area (Å²) in [5, 5.41) is 13.8. The van der Waals surface area contributed by atoms with Crippen molar-refractivity contribution in [2.45, 2.75) is 56.1 Å². The van der Waals surface area contributed by atoms with E-state index in [4.69, 9.17) is 23.3 Å². The monoisotopic (exact) mass is 684 g/mol. The van der Waals surface area contributed by atoms with Crippen molar-refractivity contribution < 1.29 is 52.2 Å². The summed E-state index contributed by atoms with van der Waals surface area (Å²) < 4.78 is 40.5. The third kappa shape index (κ3) is 6.61. The molecule has 6 rings (SSSR count). The van der Waals surface area contributed by atoms with E-state index in [0.717, 1.165) is 16.8 Å². The van der Waals surface area contributed by atoms with E-state index >= 15 is 0 Å². The molecule has 1 aliphatic carbocycles. The number of hydrogen-bond donors (Lipinski definition) is 3. The number of ketones is 2. The number of nitrogens with zero attached hydrogens (tertiary/aromatic N) is 1. The molecule has 254 valence electrons. The van der Waals surface area contributed by atoms with Crippen LogP contribution in [-0.2, 0) is 27.8 Å². The van der Waals surface area contributed by atoms with Crippen molar-refractivity contribution in [3.63, 3.8) is 0 Å². The van der Waals surface area contributed by atoms with E-state index < -0.39 is 74.1 Å². The minimum Gasteiger partial charge on any atom is -0.756 e. The lowest BCUT2D eigenvalue weighted by Gasteiger charge is -2.29. The first-order valence-corrected chi connectivity index (χ1v) is 16.4. The summed E-state index contributed by atoms with van der Waals surface area (Å²) in [6.07, 6.45) is -5.01. The standard InChI is InChI=1S/C31H32N3O13P/c1-15-11-21(22(45-15)13-43-2)47-48(41,42)44-14-23-28(38)25(30(46-23)34-10-9-24(35)32-31(34)40)33-29(39)16-7-8-19-20(12-16)27(37)18-6-4-3-5-17(18)26(19)36/h3-10,12,15,21-23,25,28,30,38H,11,13-14H2,1-2H3,(H,33,39)(H,41,42)(H,32,35,40)/p-1/t15-,21?,22+,23+,25-,28?,30+/m0/s1. The maximum absolute atomic E-state index is 13.5. The first-order valence-electron chi connectivity index (χ1n) is 14.9. The molecule has 2 aromatic carbocycles. The molecule has 2 fully saturated rings. The highest BCUT2D eigenvalue weighted by atomic mass is 31.2. The number of phosphoric acid groups is 1. The minimum atomic E-state index is -5.00. The molecule has 16 nitrogen and oxygen atoms in total. The molecule has 3 aromatic rings. The Morgan fingerprint density at radius 3 is 2.40 bits per heavy atom. The molecule has 0 saturated carbocycles. The Kier molecular flexibility index (Phi) is 9.44. The predicted octanol–water partition coefficient (Wildman–Crippen LogP) is 0.0629. The number of phosphoric ester groups is 1. The second kappa shape index (κ2) is 13.4. The van der Waals surface area contributed by atoms with Crippen LogP contribution in [0.3, 0.4) is 0 Å². The number of rotatable bonds is 10. The predicted molar refractivity (Wildman–Crippen MR) is 162 cm³/mol. The number of amides is 1. The highest BCUT2D eigenvalue weighted by Crippen LogP contribution is 2.44. The largest absolute Gasteiger partial charge is 0.756 e. The van der Waals surface area contributed by atoms with Crippen molar-refractivity contribution in [1.82, 2.24) is 14.9 Å². The maximum atomic E-state index is 13.5. The lowest BCUT2D eigenvalue weighted by atomic mass is 9.83. The van der Waals surface area contributed by atoms with Gasteiger partial charge in [-0.05, 0) is 25.1 Å². The quantitative estimate of drug-likeness (QED) is 0.188. The van der Waals surface area contributed by atoms with Crippen molar-refractivity contribution in [2.24, 2.45) is 0 Å². The van der Waals surface area contributed by atoms with Crippen molar-refractivity contribution in [2.75, 3.05) is 20.3 Å². The average Bonchev–Trinajstić information content (AvgIpc) is 3.55. The molecule has 1 amide bonds. The van der Waals surface area contributed by atoms with E-state index in [1.165, 1.54) is 31.4 Å². The smallest absolute Gasteiger partial charge is 0.330 e. The average molecular weight is 685 g/mol. The Morgan fingerprint density at radius 2 is 1.71 bits per heavy atom. The number of carbonyl (C=O) groups is 3. The summed E-state index contributed by atoms with van der Waals surface area (Å²) in [6, 6.07) is 9.86. The fraction of sp³-hybridized carbons (Fsp3) is 0.387. The van der Waals surface area contributed by atoms with Gasteiger partial charge in [-0.2, -0.15) is 0 Å². The van der Waals surface area contributed by atoms with E-state index in [2.05, 4.69) is 10.3 Å². The second-order valence-electron chi connectivity index (χ2n) is 11.6. The number of ether oxygens (including phenoxy) is 3. The molecule has 0 bridgehead atoms. The molecule has 0 radical (unpaired) electrons. The maximum Gasteiger partial charge on any atom is 0.330 e. The van der Waals surface area contributed by atoms with Crippen LogP contribution in [0.5, 0.6) is 0 Å².